The summed E-state index contributed by atoms with van der Waals surface area (Å²) >= 11 is 0. The van der Waals surface area contributed by atoms with E-state index in [1.807, 2.05) is 12.1 Å². The van der Waals surface area contributed by atoms with Crippen LogP contribution < -0.4 is 0 Å². The maximum atomic E-state index is 12.2. The van der Waals surface area contributed by atoms with Crippen LogP contribution in [0.2, 0.25) is 0 Å². The predicted octanol–water partition coefficient (Wildman–Crippen LogP) is 4.94. The zero-order chi connectivity index (χ0) is 17.2. The van der Waals surface area contributed by atoms with Crippen molar-refractivity contribution in [2.45, 2.75) is 38.0 Å². The molecule has 2 aromatic rings. The van der Waals surface area contributed by atoms with Crippen molar-refractivity contribution in [1.82, 2.24) is 4.90 Å². The van der Waals surface area contributed by atoms with Gasteiger partial charge in [-0.15, -0.1) is 0 Å². The van der Waals surface area contributed by atoms with Gasteiger partial charge in [0.05, 0.1) is 6.61 Å². The van der Waals surface area contributed by atoms with Gasteiger partial charge in [0.25, 0.3) is 0 Å². The highest BCUT2D eigenvalue weighted by Crippen LogP contribution is 2.34. The zero-order valence-corrected chi connectivity index (χ0v) is 13.7. The fourth-order valence-electron chi connectivity index (χ4n) is 3.12. The summed E-state index contributed by atoms with van der Waals surface area (Å²) in [5.41, 5.74) is 1.19. The molecule has 0 radical (unpaired) electrons. The lowest BCUT2D eigenvalue weighted by Gasteiger charge is -2.29. The van der Waals surface area contributed by atoms with E-state index in [-0.39, 0.29) is 12.6 Å². The smallest absolute Gasteiger partial charge is 0.371 e. The maximum absolute atomic E-state index is 12.2. The Kier molecular flexibility index (Phi) is 5.11. The largest absolute Gasteiger partial charge is 0.411 e. The fraction of sp³-hybridized carbons (Fsp3) is 0.474. The van der Waals surface area contributed by atoms with Gasteiger partial charge in [0.1, 0.15) is 6.61 Å². The van der Waals surface area contributed by atoms with Crippen LogP contribution in [-0.4, -0.2) is 36.9 Å². The number of alkyl halides is 3. The normalized spacial score (nSPS) is 16.7. The topological polar surface area (TPSA) is 12.5 Å². The Morgan fingerprint density at radius 3 is 2.50 bits per heavy atom. The van der Waals surface area contributed by atoms with Crippen molar-refractivity contribution >= 4 is 10.8 Å². The summed E-state index contributed by atoms with van der Waals surface area (Å²) in [4.78, 5) is 2.26. The molecule has 0 saturated heterocycles. The minimum Gasteiger partial charge on any atom is -0.371 e. The summed E-state index contributed by atoms with van der Waals surface area (Å²) in [6.45, 7) is 1.57. The number of nitrogens with zero attached hydrogens (tertiary/aromatic N) is 1. The molecule has 0 spiro atoms. The molecular formula is C19H22F3NO. The third-order valence-corrected chi connectivity index (χ3v) is 4.53. The first-order valence-electron chi connectivity index (χ1n) is 8.33. The van der Waals surface area contributed by atoms with E-state index < -0.39 is 12.8 Å². The summed E-state index contributed by atoms with van der Waals surface area (Å²) in [6.07, 6.45) is -2.04. The standard InChI is InChI=1S/C19H22F3NO/c1-14(16-7-6-15-4-2-3-5-17(15)12-16)23(18-8-9-18)10-11-24-13-19(20,21)22/h2-7,12,14,18H,8-11,13H2,1H3. The molecule has 2 aromatic carbocycles. The molecule has 2 nitrogen and oxygen atoms in total. The fourth-order valence-corrected chi connectivity index (χ4v) is 3.12. The van der Waals surface area contributed by atoms with E-state index in [0.717, 1.165) is 12.8 Å². The van der Waals surface area contributed by atoms with Crippen LogP contribution in [0.5, 0.6) is 0 Å². The van der Waals surface area contributed by atoms with Crippen LogP contribution in [0.15, 0.2) is 42.5 Å². The molecule has 1 fully saturated rings. The van der Waals surface area contributed by atoms with Crippen molar-refractivity contribution in [2.24, 2.45) is 0 Å². The average molecular weight is 337 g/mol. The van der Waals surface area contributed by atoms with Gasteiger partial charge in [-0.05, 0) is 42.2 Å². The first kappa shape index (κ1) is 17.2. The molecule has 1 saturated carbocycles. The Labute approximate surface area is 140 Å². The molecule has 1 unspecified atom stereocenters. The SMILES string of the molecule is CC(c1ccc2ccccc2c1)N(CCOCC(F)(F)F)C1CC1. The van der Waals surface area contributed by atoms with Crippen molar-refractivity contribution < 1.29 is 17.9 Å². The van der Waals surface area contributed by atoms with Crippen LogP contribution in [0.4, 0.5) is 13.2 Å². The van der Waals surface area contributed by atoms with Gasteiger partial charge >= 0.3 is 6.18 Å². The number of hydrogen-bond donors (Lipinski definition) is 0. The minimum atomic E-state index is -4.26. The highest BCUT2D eigenvalue weighted by atomic mass is 19.4. The summed E-state index contributed by atoms with van der Waals surface area (Å²) in [7, 11) is 0. The molecule has 0 bridgehead atoms. The first-order chi connectivity index (χ1) is 11.4. The van der Waals surface area contributed by atoms with Crippen LogP contribution in [0.1, 0.15) is 31.4 Å². The molecule has 0 amide bonds. The van der Waals surface area contributed by atoms with E-state index in [4.69, 9.17) is 4.74 Å². The third kappa shape index (κ3) is 4.48. The maximum Gasteiger partial charge on any atom is 0.411 e. The summed E-state index contributed by atoms with van der Waals surface area (Å²) in [6, 6.07) is 15.2. The molecule has 5 heteroatoms. The van der Waals surface area contributed by atoms with Crippen molar-refractivity contribution in [3.8, 4) is 0 Å². The zero-order valence-electron chi connectivity index (χ0n) is 13.7. The molecule has 24 heavy (non-hydrogen) atoms. The summed E-state index contributed by atoms with van der Waals surface area (Å²) in [5, 5.41) is 2.38. The third-order valence-electron chi connectivity index (χ3n) is 4.53. The number of fused-ring (bicyclic) bond motifs is 1. The van der Waals surface area contributed by atoms with Gasteiger partial charge in [-0.2, -0.15) is 13.2 Å². The van der Waals surface area contributed by atoms with Crippen molar-refractivity contribution in [2.75, 3.05) is 19.8 Å². The lowest BCUT2D eigenvalue weighted by atomic mass is 10.0. The number of halogens is 3. The highest BCUT2D eigenvalue weighted by molar-refractivity contribution is 5.83. The van der Waals surface area contributed by atoms with Crippen LogP contribution in [0, 0.1) is 0 Å². The van der Waals surface area contributed by atoms with Gasteiger partial charge in [0.2, 0.25) is 0 Å². The van der Waals surface area contributed by atoms with Crippen LogP contribution in [0.3, 0.4) is 0 Å². The average Bonchev–Trinajstić information content (AvgIpc) is 3.37. The number of ether oxygens (including phenoxy) is 1. The molecule has 0 N–H and O–H groups in total. The molecule has 3 rings (SSSR count). The molecule has 0 heterocycles. The summed E-state index contributed by atoms with van der Waals surface area (Å²) < 4.78 is 41.3. The van der Waals surface area contributed by atoms with E-state index >= 15 is 0 Å². The van der Waals surface area contributed by atoms with Gasteiger partial charge in [-0.1, -0.05) is 36.4 Å². The predicted molar refractivity (Wildman–Crippen MR) is 89.0 cm³/mol. The number of hydrogen-bond acceptors (Lipinski definition) is 2. The van der Waals surface area contributed by atoms with E-state index in [1.54, 1.807) is 0 Å². The van der Waals surface area contributed by atoms with Crippen LogP contribution in [0.25, 0.3) is 10.8 Å². The van der Waals surface area contributed by atoms with E-state index in [2.05, 4.69) is 42.2 Å². The van der Waals surface area contributed by atoms with Crippen molar-refractivity contribution in [3.63, 3.8) is 0 Å². The van der Waals surface area contributed by atoms with E-state index in [0.29, 0.717) is 12.6 Å². The second kappa shape index (κ2) is 7.11. The molecular weight excluding hydrogens is 315 g/mol. The highest BCUT2D eigenvalue weighted by Gasteiger charge is 2.33. The Bertz CT molecular complexity index is 682. The minimum absolute atomic E-state index is 0.105. The number of benzene rings is 2. The molecule has 1 aliphatic carbocycles. The van der Waals surface area contributed by atoms with Crippen LogP contribution >= 0.6 is 0 Å². The molecule has 1 aliphatic rings. The van der Waals surface area contributed by atoms with Gasteiger partial charge < -0.3 is 4.74 Å². The first-order valence-corrected chi connectivity index (χ1v) is 8.33. The van der Waals surface area contributed by atoms with Crippen LogP contribution in [-0.2, 0) is 4.74 Å². The molecule has 0 aliphatic heterocycles. The Hall–Kier alpha value is -1.59. The second-order valence-electron chi connectivity index (χ2n) is 6.42. The number of rotatable bonds is 7. The van der Waals surface area contributed by atoms with Gasteiger partial charge in [-0.3, -0.25) is 4.90 Å². The van der Waals surface area contributed by atoms with E-state index in [1.165, 1.54) is 16.3 Å². The quantitative estimate of drug-likeness (QED) is 0.663. The van der Waals surface area contributed by atoms with Crippen molar-refractivity contribution in [1.29, 1.82) is 0 Å². The van der Waals surface area contributed by atoms with Gasteiger partial charge in [0.15, 0.2) is 0 Å². The molecule has 0 aromatic heterocycles. The Morgan fingerprint density at radius 2 is 1.83 bits per heavy atom. The van der Waals surface area contributed by atoms with Gasteiger partial charge in [0, 0.05) is 18.6 Å². The van der Waals surface area contributed by atoms with Gasteiger partial charge in [-0.25, -0.2) is 0 Å². The Morgan fingerprint density at radius 1 is 1.12 bits per heavy atom. The van der Waals surface area contributed by atoms with E-state index in [9.17, 15) is 13.2 Å². The summed E-state index contributed by atoms with van der Waals surface area (Å²) in [5.74, 6) is 0. The Balaban J connectivity index is 1.66. The lowest BCUT2D eigenvalue weighted by Crippen LogP contribution is -2.33. The monoisotopic (exact) mass is 337 g/mol. The molecule has 1 atom stereocenters. The second-order valence-corrected chi connectivity index (χ2v) is 6.42. The van der Waals surface area contributed by atoms with Crippen molar-refractivity contribution in [3.05, 3.63) is 48.0 Å². The molecule has 130 valence electrons. The lowest BCUT2D eigenvalue weighted by molar-refractivity contribution is -0.174.